The lowest BCUT2D eigenvalue weighted by molar-refractivity contribution is -0.00783. The van der Waals surface area contributed by atoms with Crippen LogP contribution in [0.25, 0.3) is 5.69 Å². The van der Waals surface area contributed by atoms with E-state index >= 15 is 0 Å². The normalized spacial score (nSPS) is 27.8. The highest BCUT2D eigenvalue weighted by molar-refractivity contribution is 5.95. The molecule has 1 aromatic carbocycles. The maximum atomic E-state index is 13.8. The Kier molecular flexibility index (Phi) is 4.93. The zero-order chi connectivity index (χ0) is 22.6. The largest absolute Gasteiger partial charge is 0.336 e. The fraction of sp³-hybridized carbons (Fsp3) is 0.519. The average Bonchev–Trinajstić information content (AvgIpc) is 3.46. The Morgan fingerprint density at radius 1 is 1.03 bits per heavy atom. The highest BCUT2D eigenvalue weighted by Crippen LogP contribution is 2.61. The van der Waals surface area contributed by atoms with Crippen molar-refractivity contribution >= 4 is 5.91 Å². The zero-order valence-corrected chi connectivity index (χ0v) is 19.7. The van der Waals surface area contributed by atoms with Crippen LogP contribution in [0.3, 0.4) is 0 Å². The van der Waals surface area contributed by atoms with Crippen molar-refractivity contribution in [2.75, 3.05) is 7.05 Å². The minimum atomic E-state index is 0.0500. The summed E-state index contributed by atoms with van der Waals surface area (Å²) in [5.41, 5.74) is 3.80. The number of rotatable bonds is 6. The molecule has 4 aliphatic carbocycles. The van der Waals surface area contributed by atoms with Crippen LogP contribution >= 0.6 is 0 Å². The van der Waals surface area contributed by atoms with Crippen LogP contribution in [0.1, 0.15) is 67.2 Å². The van der Waals surface area contributed by atoms with Gasteiger partial charge in [-0.1, -0.05) is 18.2 Å². The quantitative estimate of drug-likeness (QED) is 0.548. The number of nitrogens with zero attached hydrogens (tertiary/aromatic N) is 5. The molecule has 4 saturated carbocycles. The number of carbonyl (C=O) groups excluding carboxylic acids is 1. The second-order valence-electron chi connectivity index (χ2n) is 10.7. The van der Waals surface area contributed by atoms with Gasteiger partial charge in [0.25, 0.3) is 5.91 Å². The Labute approximate surface area is 195 Å². The molecule has 172 valence electrons. The van der Waals surface area contributed by atoms with Crippen LogP contribution in [0.4, 0.5) is 0 Å². The third-order valence-corrected chi connectivity index (χ3v) is 8.27. The first-order valence-corrected chi connectivity index (χ1v) is 12.5. The molecule has 0 atom stereocenters. The van der Waals surface area contributed by atoms with Gasteiger partial charge in [-0.25, -0.2) is 4.68 Å². The third-order valence-electron chi connectivity index (χ3n) is 8.27. The molecule has 0 unspecified atom stereocenters. The predicted molar refractivity (Wildman–Crippen MR) is 127 cm³/mol. The molecule has 0 spiro atoms. The minimum Gasteiger partial charge on any atom is -0.336 e. The summed E-state index contributed by atoms with van der Waals surface area (Å²) in [6.45, 7) is 3.40. The smallest absolute Gasteiger partial charge is 0.257 e. The van der Waals surface area contributed by atoms with Crippen molar-refractivity contribution < 1.29 is 4.79 Å². The van der Waals surface area contributed by atoms with Gasteiger partial charge in [0.15, 0.2) is 0 Å². The van der Waals surface area contributed by atoms with Crippen LogP contribution in [0, 0.1) is 17.8 Å². The molecule has 7 rings (SSSR count). The predicted octanol–water partition coefficient (Wildman–Crippen LogP) is 4.83. The molecular weight excluding hydrogens is 410 g/mol. The lowest BCUT2D eigenvalue weighted by atomic mass is 9.48. The van der Waals surface area contributed by atoms with Crippen molar-refractivity contribution in [3.8, 4) is 5.69 Å². The third kappa shape index (κ3) is 3.60. The number of benzene rings is 1. The van der Waals surface area contributed by atoms with Crippen LogP contribution < -0.4 is 0 Å². The van der Waals surface area contributed by atoms with Gasteiger partial charge in [0.1, 0.15) is 0 Å². The van der Waals surface area contributed by atoms with E-state index in [-0.39, 0.29) is 11.3 Å². The molecule has 3 aromatic rings. The van der Waals surface area contributed by atoms with Gasteiger partial charge in [-0.15, -0.1) is 0 Å². The first-order valence-electron chi connectivity index (χ1n) is 12.5. The maximum absolute atomic E-state index is 13.8. The van der Waals surface area contributed by atoms with Crippen molar-refractivity contribution in [3.63, 3.8) is 0 Å². The summed E-state index contributed by atoms with van der Waals surface area (Å²) in [7, 11) is 1.89. The van der Waals surface area contributed by atoms with E-state index in [4.69, 9.17) is 5.10 Å². The molecule has 6 heteroatoms. The number of para-hydroxylation sites is 1. The summed E-state index contributed by atoms with van der Waals surface area (Å²) in [6.07, 6.45) is 11.7. The summed E-state index contributed by atoms with van der Waals surface area (Å²) < 4.78 is 3.84. The molecular formula is C27H33N5O. The van der Waals surface area contributed by atoms with Crippen LogP contribution in [0.5, 0.6) is 0 Å². The van der Waals surface area contributed by atoms with Crippen LogP contribution in [0.2, 0.25) is 0 Å². The van der Waals surface area contributed by atoms with Gasteiger partial charge >= 0.3 is 0 Å². The van der Waals surface area contributed by atoms with E-state index in [1.54, 1.807) is 4.90 Å². The van der Waals surface area contributed by atoms with Crippen molar-refractivity contribution in [1.29, 1.82) is 0 Å². The molecule has 1 amide bonds. The topological polar surface area (TPSA) is 56.0 Å². The van der Waals surface area contributed by atoms with E-state index in [9.17, 15) is 4.79 Å². The monoisotopic (exact) mass is 443 g/mol. The first kappa shape index (κ1) is 20.7. The summed E-state index contributed by atoms with van der Waals surface area (Å²) in [5.74, 6) is 2.46. The second-order valence-corrected chi connectivity index (χ2v) is 10.7. The molecule has 4 fully saturated rings. The van der Waals surface area contributed by atoms with Gasteiger partial charge < -0.3 is 4.90 Å². The molecule has 0 radical (unpaired) electrons. The minimum absolute atomic E-state index is 0.0500. The Bertz CT molecular complexity index is 1130. The van der Waals surface area contributed by atoms with Gasteiger partial charge in [0.05, 0.1) is 29.2 Å². The zero-order valence-electron chi connectivity index (χ0n) is 19.7. The molecule has 4 aliphatic rings. The first-order chi connectivity index (χ1) is 16.0. The van der Waals surface area contributed by atoms with E-state index in [2.05, 4.69) is 24.2 Å². The van der Waals surface area contributed by atoms with E-state index in [1.807, 2.05) is 53.1 Å². The Morgan fingerprint density at radius 3 is 2.30 bits per heavy atom. The lowest BCUT2D eigenvalue weighted by Gasteiger charge is -2.56. The molecule has 4 bridgehead atoms. The highest BCUT2D eigenvalue weighted by atomic mass is 16.2. The second kappa shape index (κ2) is 7.86. The molecule has 0 aliphatic heterocycles. The van der Waals surface area contributed by atoms with Crippen molar-refractivity contribution in [1.82, 2.24) is 24.5 Å². The van der Waals surface area contributed by atoms with E-state index in [0.717, 1.165) is 46.9 Å². The van der Waals surface area contributed by atoms with Gasteiger partial charge in [-0.05, 0) is 81.4 Å². The fourth-order valence-corrected chi connectivity index (χ4v) is 7.22. The van der Waals surface area contributed by atoms with Gasteiger partial charge in [0, 0.05) is 31.4 Å². The Morgan fingerprint density at radius 2 is 1.70 bits per heavy atom. The summed E-state index contributed by atoms with van der Waals surface area (Å²) >= 11 is 0. The Hall–Kier alpha value is -2.89. The summed E-state index contributed by atoms with van der Waals surface area (Å²) in [5, 5.41) is 9.72. The molecule has 33 heavy (non-hydrogen) atoms. The fourth-order valence-electron chi connectivity index (χ4n) is 7.22. The molecule has 2 aromatic heterocycles. The average molecular weight is 444 g/mol. The van der Waals surface area contributed by atoms with Crippen molar-refractivity contribution in [2.45, 2.75) is 64.0 Å². The summed E-state index contributed by atoms with van der Waals surface area (Å²) in [4.78, 5) is 15.6. The van der Waals surface area contributed by atoms with Crippen molar-refractivity contribution in [2.24, 2.45) is 17.8 Å². The standard InChI is InChI=1S/C27H33N5O/c1-3-31-10-9-22(28-31)17-30(2)26(33)24-18-32(23-7-5-4-6-8-23)29-25(24)27-14-19-11-20(15-27)13-21(12-19)16-27/h4-10,18-21H,3,11-17H2,1-2H3. The van der Waals surface area contributed by atoms with Gasteiger partial charge in [-0.2, -0.15) is 10.2 Å². The number of hydrogen-bond acceptors (Lipinski definition) is 3. The highest BCUT2D eigenvalue weighted by Gasteiger charge is 2.54. The van der Waals surface area contributed by atoms with Crippen molar-refractivity contribution in [3.05, 3.63) is 65.7 Å². The Balaban J connectivity index is 1.37. The van der Waals surface area contributed by atoms with Crippen LogP contribution in [-0.2, 0) is 18.5 Å². The number of aromatic nitrogens is 4. The lowest BCUT2D eigenvalue weighted by Crippen LogP contribution is -2.49. The molecule has 0 saturated heterocycles. The SMILES string of the molecule is CCn1ccc(CN(C)C(=O)c2cn(-c3ccccc3)nc2C23CC4CC(CC(C4)C2)C3)n1. The van der Waals surface area contributed by atoms with Gasteiger partial charge in [-0.3, -0.25) is 9.48 Å². The number of aryl methyl sites for hydroxylation is 1. The maximum Gasteiger partial charge on any atom is 0.257 e. The van der Waals surface area contributed by atoms with E-state index < -0.39 is 0 Å². The van der Waals surface area contributed by atoms with Gasteiger partial charge in [0.2, 0.25) is 0 Å². The molecule has 2 heterocycles. The van der Waals surface area contributed by atoms with E-state index in [0.29, 0.717) is 6.54 Å². The van der Waals surface area contributed by atoms with Crippen LogP contribution in [-0.4, -0.2) is 37.4 Å². The van der Waals surface area contributed by atoms with Crippen LogP contribution in [0.15, 0.2) is 48.8 Å². The molecule has 0 N–H and O–H groups in total. The number of amides is 1. The number of carbonyl (C=O) groups is 1. The van der Waals surface area contributed by atoms with E-state index in [1.165, 1.54) is 38.5 Å². The molecule has 6 nitrogen and oxygen atoms in total. The number of hydrogen-bond donors (Lipinski definition) is 0. The summed E-state index contributed by atoms with van der Waals surface area (Å²) in [6, 6.07) is 12.2.